The van der Waals surface area contributed by atoms with Crippen LogP contribution in [0.4, 0.5) is 5.69 Å². The Kier molecular flexibility index (Phi) is 4.71. The van der Waals surface area contributed by atoms with Gasteiger partial charge in [-0.3, -0.25) is 9.59 Å². The molecule has 3 aromatic carbocycles. The fourth-order valence-corrected chi connectivity index (χ4v) is 4.59. The predicted octanol–water partition coefficient (Wildman–Crippen LogP) is 4.45. The Hall–Kier alpha value is -3.40. The minimum atomic E-state index is -0.792. The van der Waals surface area contributed by atoms with Crippen molar-refractivity contribution < 1.29 is 14.3 Å². The summed E-state index contributed by atoms with van der Waals surface area (Å²) in [6, 6.07) is 27.7. The Balaban J connectivity index is 1.90. The monoisotopic (exact) mass is 385 g/mol. The third kappa shape index (κ3) is 2.92. The maximum atomic E-state index is 13.2. The average Bonchev–Trinajstić information content (AvgIpc) is 3.47. The summed E-state index contributed by atoms with van der Waals surface area (Å²) in [6.07, 6.45) is 0.625. The number of methoxy groups -OCH3 is 1. The predicted molar refractivity (Wildman–Crippen MR) is 113 cm³/mol. The molecule has 1 aliphatic rings. The highest BCUT2D eigenvalue weighted by Gasteiger charge is 2.74. The Morgan fingerprint density at radius 3 is 1.83 bits per heavy atom. The minimum absolute atomic E-state index is 0.116. The van der Waals surface area contributed by atoms with Crippen molar-refractivity contribution in [3.05, 3.63) is 102 Å². The van der Waals surface area contributed by atoms with Crippen LogP contribution < -0.4 is 5.32 Å². The number of carbonyl (C=O) groups excluding carboxylic acids is 2. The van der Waals surface area contributed by atoms with E-state index in [9.17, 15) is 9.59 Å². The van der Waals surface area contributed by atoms with Gasteiger partial charge in [0.05, 0.1) is 7.11 Å². The molecule has 0 aromatic heterocycles. The van der Waals surface area contributed by atoms with Crippen molar-refractivity contribution >= 4 is 17.6 Å². The third-order valence-corrected chi connectivity index (χ3v) is 5.90. The van der Waals surface area contributed by atoms with Gasteiger partial charge in [0.1, 0.15) is 5.41 Å². The minimum Gasteiger partial charge on any atom is -0.468 e. The molecule has 1 N–H and O–H groups in total. The summed E-state index contributed by atoms with van der Waals surface area (Å²) >= 11 is 0. The summed E-state index contributed by atoms with van der Waals surface area (Å²) in [5.41, 5.74) is 2.45. The molecule has 0 bridgehead atoms. The standard InChI is InChI=1S/C25H23NO3/c1-18(27)26-22-15-13-21(14-16-22)24(19-9-5-3-6-10-19)17-25(24,23(28)29-2)20-11-7-4-8-12-20/h3-16H,17H2,1-2H3,(H,26,27)/t24-,25-/m1/s1. The molecule has 1 amide bonds. The van der Waals surface area contributed by atoms with Gasteiger partial charge in [0.15, 0.2) is 0 Å². The van der Waals surface area contributed by atoms with Gasteiger partial charge in [-0.25, -0.2) is 0 Å². The van der Waals surface area contributed by atoms with Gasteiger partial charge in [0.25, 0.3) is 0 Å². The van der Waals surface area contributed by atoms with Crippen LogP contribution in [0.2, 0.25) is 0 Å². The molecular formula is C25H23NO3. The molecule has 4 heteroatoms. The van der Waals surface area contributed by atoms with Crippen molar-refractivity contribution in [1.29, 1.82) is 0 Å². The Bertz CT molecular complexity index is 1030. The van der Waals surface area contributed by atoms with Gasteiger partial charge in [-0.15, -0.1) is 0 Å². The first-order valence-electron chi connectivity index (χ1n) is 9.62. The van der Waals surface area contributed by atoms with Crippen molar-refractivity contribution in [3.63, 3.8) is 0 Å². The van der Waals surface area contributed by atoms with Crippen LogP contribution in [-0.4, -0.2) is 19.0 Å². The van der Waals surface area contributed by atoms with Gasteiger partial charge in [0, 0.05) is 18.0 Å². The lowest BCUT2D eigenvalue weighted by atomic mass is 9.77. The second kappa shape index (κ2) is 7.21. The highest BCUT2D eigenvalue weighted by atomic mass is 16.5. The average molecular weight is 385 g/mol. The lowest BCUT2D eigenvalue weighted by Crippen LogP contribution is -2.32. The molecule has 0 radical (unpaired) electrons. The number of nitrogens with one attached hydrogen (secondary N) is 1. The molecule has 29 heavy (non-hydrogen) atoms. The highest BCUT2D eigenvalue weighted by Crippen LogP contribution is 2.69. The van der Waals surface area contributed by atoms with Crippen LogP contribution in [0.25, 0.3) is 0 Å². The van der Waals surface area contributed by atoms with E-state index < -0.39 is 10.8 Å². The van der Waals surface area contributed by atoms with Crippen molar-refractivity contribution in [1.82, 2.24) is 0 Å². The fourth-order valence-electron chi connectivity index (χ4n) is 4.59. The summed E-state index contributed by atoms with van der Waals surface area (Å²) in [5, 5.41) is 2.80. The maximum absolute atomic E-state index is 13.2. The van der Waals surface area contributed by atoms with E-state index in [0.29, 0.717) is 6.42 Å². The zero-order chi connectivity index (χ0) is 20.5. The number of hydrogen-bond acceptors (Lipinski definition) is 3. The molecule has 146 valence electrons. The van der Waals surface area contributed by atoms with Gasteiger partial charge in [-0.05, 0) is 35.2 Å². The number of carbonyl (C=O) groups is 2. The van der Waals surface area contributed by atoms with E-state index in [0.717, 1.165) is 22.4 Å². The molecule has 4 rings (SSSR count). The van der Waals surface area contributed by atoms with E-state index in [1.165, 1.54) is 14.0 Å². The molecule has 1 fully saturated rings. The van der Waals surface area contributed by atoms with Gasteiger partial charge in [-0.2, -0.15) is 0 Å². The van der Waals surface area contributed by atoms with E-state index in [4.69, 9.17) is 4.74 Å². The first kappa shape index (κ1) is 18.9. The summed E-state index contributed by atoms with van der Waals surface area (Å²) < 4.78 is 5.31. The number of rotatable bonds is 5. The first-order valence-corrected chi connectivity index (χ1v) is 9.62. The molecule has 0 unspecified atom stereocenters. The maximum Gasteiger partial charge on any atom is 0.317 e. The van der Waals surface area contributed by atoms with E-state index in [2.05, 4.69) is 17.4 Å². The fraction of sp³-hybridized carbons (Fsp3) is 0.200. The smallest absolute Gasteiger partial charge is 0.317 e. The lowest BCUT2D eigenvalue weighted by molar-refractivity contribution is -0.144. The van der Waals surface area contributed by atoms with Crippen molar-refractivity contribution in [2.24, 2.45) is 0 Å². The van der Waals surface area contributed by atoms with E-state index in [1.54, 1.807) is 0 Å². The molecule has 0 saturated heterocycles. The van der Waals surface area contributed by atoms with Crippen LogP contribution >= 0.6 is 0 Å². The van der Waals surface area contributed by atoms with Crippen LogP contribution in [0, 0.1) is 0 Å². The van der Waals surface area contributed by atoms with Gasteiger partial charge in [0.2, 0.25) is 5.91 Å². The SMILES string of the molecule is COC(=O)[C@]1(c2ccccc2)C[C@@]1(c1ccccc1)c1ccc(NC(C)=O)cc1. The van der Waals surface area contributed by atoms with Crippen LogP contribution in [0.15, 0.2) is 84.9 Å². The molecule has 0 heterocycles. The zero-order valence-electron chi connectivity index (χ0n) is 16.5. The number of hydrogen-bond donors (Lipinski definition) is 1. The summed E-state index contributed by atoms with van der Waals surface area (Å²) in [5.74, 6) is -0.353. The van der Waals surface area contributed by atoms with E-state index in [1.807, 2.05) is 72.8 Å². The lowest BCUT2D eigenvalue weighted by Gasteiger charge is -2.26. The van der Waals surface area contributed by atoms with Crippen LogP contribution in [0.5, 0.6) is 0 Å². The Morgan fingerprint density at radius 1 is 0.793 bits per heavy atom. The Labute approximate surface area is 170 Å². The van der Waals surface area contributed by atoms with Gasteiger partial charge >= 0.3 is 5.97 Å². The molecule has 4 nitrogen and oxygen atoms in total. The summed E-state index contributed by atoms with van der Waals surface area (Å²) in [4.78, 5) is 24.6. The number of esters is 1. The molecule has 3 aromatic rings. The normalized spacial score (nSPS) is 22.6. The molecule has 0 aliphatic heterocycles. The number of anilines is 1. The summed E-state index contributed by atoms with van der Waals surface area (Å²) in [7, 11) is 1.45. The number of amides is 1. The third-order valence-electron chi connectivity index (χ3n) is 5.90. The Morgan fingerprint density at radius 2 is 1.31 bits per heavy atom. The van der Waals surface area contributed by atoms with Crippen LogP contribution in [0.3, 0.4) is 0 Å². The summed E-state index contributed by atoms with van der Waals surface area (Å²) in [6.45, 7) is 1.48. The van der Waals surface area contributed by atoms with Crippen molar-refractivity contribution in [2.75, 3.05) is 12.4 Å². The molecular weight excluding hydrogens is 362 g/mol. The van der Waals surface area contributed by atoms with Gasteiger partial charge in [-0.1, -0.05) is 72.8 Å². The largest absolute Gasteiger partial charge is 0.468 e. The van der Waals surface area contributed by atoms with E-state index in [-0.39, 0.29) is 11.9 Å². The van der Waals surface area contributed by atoms with Crippen molar-refractivity contribution in [3.8, 4) is 0 Å². The first-order chi connectivity index (χ1) is 14.0. The second-order valence-electron chi connectivity index (χ2n) is 7.47. The van der Waals surface area contributed by atoms with Crippen molar-refractivity contribution in [2.45, 2.75) is 24.2 Å². The topological polar surface area (TPSA) is 55.4 Å². The molecule has 0 spiro atoms. The van der Waals surface area contributed by atoms with E-state index >= 15 is 0 Å². The van der Waals surface area contributed by atoms with Gasteiger partial charge < -0.3 is 10.1 Å². The number of ether oxygens (including phenoxy) is 1. The zero-order valence-corrected chi connectivity index (χ0v) is 16.5. The molecule has 2 atom stereocenters. The molecule has 1 aliphatic carbocycles. The molecule has 1 saturated carbocycles. The second-order valence-corrected chi connectivity index (χ2v) is 7.47. The highest BCUT2D eigenvalue weighted by molar-refractivity contribution is 5.93. The van der Waals surface area contributed by atoms with Crippen LogP contribution in [-0.2, 0) is 25.2 Å². The van der Waals surface area contributed by atoms with Crippen LogP contribution in [0.1, 0.15) is 30.0 Å². The number of benzene rings is 3. The quantitative estimate of drug-likeness (QED) is 0.661.